The van der Waals surface area contributed by atoms with E-state index in [9.17, 15) is 14.3 Å². The molecule has 3 nitrogen and oxygen atoms in total. The summed E-state index contributed by atoms with van der Waals surface area (Å²) in [7, 11) is 0. The van der Waals surface area contributed by atoms with Crippen LogP contribution in [-0.4, -0.2) is 34.8 Å². The summed E-state index contributed by atoms with van der Waals surface area (Å²) in [5.74, 6) is -0.293. The molecular weight excluding hydrogens is 385 g/mol. The highest BCUT2D eigenvalue weighted by atomic mass is 32.2. The molecule has 29 heavy (non-hydrogen) atoms. The van der Waals surface area contributed by atoms with Gasteiger partial charge in [0.2, 0.25) is 0 Å². The molecule has 0 aromatic heterocycles. The molecule has 0 atom stereocenters. The number of thioether (sulfide) groups is 1. The number of hydrogen-bond acceptors (Lipinski definition) is 3. The maximum absolute atomic E-state index is 13.0. The number of benzene rings is 2. The Balaban J connectivity index is 1.62. The van der Waals surface area contributed by atoms with E-state index >= 15 is 0 Å². The first-order valence-corrected chi connectivity index (χ1v) is 10.8. The first-order valence-electron chi connectivity index (χ1n) is 9.85. The minimum atomic E-state index is -0.886. The summed E-state index contributed by atoms with van der Waals surface area (Å²) in [6.45, 7) is 3.62. The number of aryl methyl sites for hydroxylation is 2. The van der Waals surface area contributed by atoms with Crippen LogP contribution in [0.25, 0.3) is 0 Å². The van der Waals surface area contributed by atoms with Crippen molar-refractivity contribution in [3.05, 3.63) is 93.8 Å². The van der Waals surface area contributed by atoms with Crippen molar-refractivity contribution in [3.8, 4) is 0 Å². The summed E-state index contributed by atoms with van der Waals surface area (Å²) < 4.78 is 13.0. The molecule has 0 saturated heterocycles. The van der Waals surface area contributed by atoms with Gasteiger partial charge in [-0.05, 0) is 66.8 Å². The van der Waals surface area contributed by atoms with Gasteiger partial charge in [-0.15, -0.1) is 11.8 Å². The summed E-state index contributed by atoms with van der Waals surface area (Å²) in [6, 6.07) is 14.9. The van der Waals surface area contributed by atoms with E-state index in [4.69, 9.17) is 0 Å². The van der Waals surface area contributed by atoms with Gasteiger partial charge in [-0.2, -0.15) is 0 Å². The van der Waals surface area contributed by atoms with Crippen LogP contribution in [0, 0.1) is 12.7 Å². The Kier molecular flexibility index (Phi) is 7.53. The van der Waals surface area contributed by atoms with Crippen LogP contribution in [0.3, 0.4) is 0 Å². The highest BCUT2D eigenvalue weighted by Crippen LogP contribution is 2.29. The second-order valence-electron chi connectivity index (χ2n) is 7.13. The topological polar surface area (TPSA) is 40.5 Å². The SMILES string of the molecule is Cc1ccccc1CCN1CC=CC(C(=O)O)=C1SCCCc1ccc(F)cc1. The molecule has 2 aromatic rings. The van der Waals surface area contributed by atoms with E-state index in [0.29, 0.717) is 5.57 Å². The van der Waals surface area contributed by atoms with Gasteiger partial charge in [0.1, 0.15) is 5.82 Å². The monoisotopic (exact) mass is 411 g/mol. The molecule has 0 bridgehead atoms. The molecule has 1 N–H and O–H groups in total. The van der Waals surface area contributed by atoms with E-state index in [0.717, 1.165) is 48.7 Å². The highest BCUT2D eigenvalue weighted by Gasteiger charge is 2.21. The van der Waals surface area contributed by atoms with Crippen molar-refractivity contribution in [1.82, 2.24) is 4.90 Å². The van der Waals surface area contributed by atoms with Gasteiger partial charge in [0.25, 0.3) is 0 Å². The quantitative estimate of drug-likeness (QED) is 0.575. The molecule has 1 heterocycles. The number of nitrogens with zero attached hydrogens (tertiary/aromatic N) is 1. The predicted octanol–water partition coefficient (Wildman–Crippen LogP) is 5.21. The van der Waals surface area contributed by atoms with Gasteiger partial charge in [0, 0.05) is 13.1 Å². The lowest BCUT2D eigenvalue weighted by Gasteiger charge is -2.30. The Labute approximate surface area is 175 Å². The fourth-order valence-corrected chi connectivity index (χ4v) is 4.53. The average molecular weight is 412 g/mol. The average Bonchev–Trinajstić information content (AvgIpc) is 2.72. The molecule has 0 unspecified atom stereocenters. The lowest BCUT2D eigenvalue weighted by Crippen LogP contribution is -2.29. The summed E-state index contributed by atoms with van der Waals surface area (Å²) >= 11 is 1.60. The first-order chi connectivity index (χ1) is 14.0. The largest absolute Gasteiger partial charge is 0.478 e. The lowest BCUT2D eigenvalue weighted by molar-refractivity contribution is -0.132. The predicted molar refractivity (Wildman–Crippen MR) is 117 cm³/mol. The van der Waals surface area contributed by atoms with Crippen LogP contribution in [0.1, 0.15) is 23.1 Å². The van der Waals surface area contributed by atoms with Gasteiger partial charge < -0.3 is 10.0 Å². The number of carboxylic acid groups (broad SMARTS) is 1. The van der Waals surface area contributed by atoms with Gasteiger partial charge in [-0.3, -0.25) is 0 Å². The third-order valence-corrected chi connectivity index (χ3v) is 6.28. The molecule has 0 amide bonds. The third kappa shape index (κ3) is 5.97. The maximum atomic E-state index is 13.0. The fourth-order valence-electron chi connectivity index (χ4n) is 3.39. The number of halogens is 1. The zero-order valence-electron chi connectivity index (χ0n) is 16.6. The molecular formula is C24H26FNO2S. The van der Waals surface area contributed by atoms with Crippen molar-refractivity contribution < 1.29 is 14.3 Å². The summed E-state index contributed by atoms with van der Waals surface area (Å²) in [4.78, 5) is 13.9. The Morgan fingerprint density at radius 3 is 2.62 bits per heavy atom. The Morgan fingerprint density at radius 1 is 1.14 bits per heavy atom. The van der Waals surface area contributed by atoms with Crippen LogP contribution in [0.15, 0.2) is 71.3 Å². The first kappa shape index (κ1) is 21.2. The fraction of sp³-hybridized carbons (Fsp3) is 0.292. The number of aliphatic carboxylic acids is 1. The van der Waals surface area contributed by atoms with Gasteiger partial charge in [0.05, 0.1) is 10.6 Å². The van der Waals surface area contributed by atoms with Crippen molar-refractivity contribution in [2.75, 3.05) is 18.8 Å². The molecule has 5 heteroatoms. The van der Waals surface area contributed by atoms with Crippen molar-refractivity contribution in [2.45, 2.75) is 26.2 Å². The zero-order chi connectivity index (χ0) is 20.6. The second kappa shape index (κ2) is 10.3. The van der Waals surface area contributed by atoms with E-state index in [1.165, 1.54) is 23.3 Å². The van der Waals surface area contributed by atoms with E-state index in [1.807, 2.05) is 18.2 Å². The van der Waals surface area contributed by atoms with Crippen LogP contribution in [0.4, 0.5) is 4.39 Å². The summed E-state index contributed by atoms with van der Waals surface area (Å²) in [5.41, 5.74) is 4.02. The van der Waals surface area contributed by atoms with Gasteiger partial charge in [0.15, 0.2) is 0 Å². The number of rotatable bonds is 9. The van der Waals surface area contributed by atoms with Crippen LogP contribution in [0.2, 0.25) is 0 Å². The summed E-state index contributed by atoms with van der Waals surface area (Å²) in [5, 5.41) is 10.5. The highest BCUT2D eigenvalue weighted by molar-refractivity contribution is 8.03. The van der Waals surface area contributed by atoms with Gasteiger partial charge in [-0.25, -0.2) is 9.18 Å². The maximum Gasteiger partial charge on any atom is 0.338 e. The van der Waals surface area contributed by atoms with Gasteiger partial charge >= 0.3 is 5.97 Å². The number of carbonyl (C=O) groups is 1. The zero-order valence-corrected chi connectivity index (χ0v) is 17.4. The minimum Gasteiger partial charge on any atom is -0.478 e. The molecule has 0 spiro atoms. The van der Waals surface area contributed by atoms with Crippen molar-refractivity contribution >= 4 is 17.7 Å². The van der Waals surface area contributed by atoms with Crippen molar-refractivity contribution in [3.63, 3.8) is 0 Å². The van der Waals surface area contributed by atoms with E-state index in [-0.39, 0.29) is 5.82 Å². The van der Waals surface area contributed by atoms with Crippen molar-refractivity contribution in [2.24, 2.45) is 0 Å². The van der Waals surface area contributed by atoms with Crippen LogP contribution < -0.4 is 0 Å². The molecule has 0 radical (unpaired) electrons. The molecule has 0 aliphatic carbocycles. The van der Waals surface area contributed by atoms with Crippen LogP contribution >= 0.6 is 11.8 Å². The lowest BCUT2D eigenvalue weighted by atomic mass is 10.1. The molecule has 152 valence electrons. The molecule has 3 rings (SSSR count). The molecule has 0 saturated carbocycles. The number of carboxylic acids is 1. The van der Waals surface area contributed by atoms with Crippen LogP contribution in [0.5, 0.6) is 0 Å². The molecule has 0 fully saturated rings. The number of hydrogen-bond donors (Lipinski definition) is 1. The molecule has 1 aliphatic rings. The normalized spacial score (nSPS) is 13.8. The Hall–Kier alpha value is -2.53. The van der Waals surface area contributed by atoms with E-state index in [1.54, 1.807) is 30.0 Å². The summed E-state index contributed by atoms with van der Waals surface area (Å²) in [6.07, 6.45) is 6.27. The van der Waals surface area contributed by atoms with E-state index in [2.05, 4.69) is 24.0 Å². The third-order valence-electron chi connectivity index (χ3n) is 5.03. The molecule has 1 aliphatic heterocycles. The Bertz CT molecular complexity index is 905. The smallest absolute Gasteiger partial charge is 0.338 e. The van der Waals surface area contributed by atoms with E-state index < -0.39 is 5.97 Å². The molecule has 2 aromatic carbocycles. The van der Waals surface area contributed by atoms with Crippen molar-refractivity contribution in [1.29, 1.82) is 0 Å². The van der Waals surface area contributed by atoms with Gasteiger partial charge in [-0.1, -0.05) is 42.5 Å². The second-order valence-corrected chi connectivity index (χ2v) is 8.21. The minimum absolute atomic E-state index is 0.224. The van der Waals surface area contributed by atoms with Crippen LogP contribution in [-0.2, 0) is 17.6 Å². The standard InChI is InChI=1S/C24H26FNO2S/c1-18-6-2-3-8-20(18)14-16-26-15-4-9-22(24(27)28)23(26)29-17-5-7-19-10-12-21(25)13-11-19/h2-4,6,8-13H,5,7,14-17H2,1H3,(H,27,28). The Morgan fingerprint density at radius 2 is 1.90 bits per heavy atom.